The van der Waals surface area contributed by atoms with E-state index in [0.29, 0.717) is 5.69 Å². The number of nitrogens with one attached hydrogen (secondary N) is 1. The molecule has 0 saturated heterocycles. The molecular formula is C12H6Cl3FN2O. The van der Waals surface area contributed by atoms with Crippen molar-refractivity contribution in [3.63, 3.8) is 0 Å². The smallest absolute Gasteiger partial charge is 0.257 e. The Bertz CT molecular complexity index is 649. The van der Waals surface area contributed by atoms with E-state index in [1.165, 1.54) is 24.4 Å². The summed E-state index contributed by atoms with van der Waals surface area (Å²) in [5.41, 5.74) is 0.508. The first-order chi connectivity index (χ1) is 8.97. The summed E-state index contributed by atoms with van der Waals surface area (Å²) < 4.78 is 12.9. The van der Waals surface area contributed by atoms with Crippen molar-refractivity contribution in [3.8, 4) is 0 Å². The molecule has 0 aliphatic heterocycles. The third-order valence-electron chi connectivity index (χ3n) is 2.24. The summed E-state index contributed by atoms with van der Waals surface area (Å²) in [5, 5.41) is 2.90. The molecule has 1 N–H and O–H groups in total. The number of hydrogen-bond acceptors (Lipinski definition) is 2. The Balaban J connectivity index is 2.23. The third kappa shape index (κ3) is 3.35. The van der Waals surface area contributed by atoms with Crippen LogP contribution in [-0.2, 0) is 0 Å². The maximum Gasteiger partial charge on any atom is 0.257 e. The van der Waals surface area contributed by atoms with E-state index in [2.05, 4.69) is 10.3 Å². The molecular weight excluding hydrogens is 314 g/mol. The molecule has 1 amide bonds. The summed E-state index contributed by atoms with van der Waals surface area (Å²) in [6.45, 7) is 0. The maximum absolute atomic E-state index is 12.9. The molecule has 98 valence electrons. The molecule has 2 rings (SSSR count). The lowest BCUT2D eigenvalue weighted by Crippen LogP contribution is -2.12. The molecule has 1 aromatic carbocycles. The SMILES string of the molecule is O=C(Nc1ccc(F)cc1Cl)c1cnc(Cl)c(Cl)c1. The summed E-state index contributed by atoms with van der Waals surface area (Å²) in [7, 11) is 0. The largest absolute Gasteiger partial charge is 0.321 e. The Morgan fingerprint density at radius 1 is 1.16 bits per heavy atom. The number of aromatic nitrogens is 1. The molecule has 1 heterocycles. The van der Waals surface area contributed by atoms with E-state index in [1.807, 2.05) is 0 Å². The average Bonchev–Trinajstić information content (AvgIpc) is 2.36. The second-order valence-corrected chi connectivity index (χ2v) is 4.75. The number of pyridine rings is 1. The molecule has 0 unspecified atom stereocenters. The second kappa shape index (κ2) is 5.74. The predicted octanol–water partition coefficient (Wildman–Crippen LogP) is 4.43. The quantitative estimate of drug-likeness (QED) is 0.832. The van der Waals surface area contributed by atoms with Gasteiger partial charge in [0.2, 0.25) is 0 Å². The van der Waals surface area contributed by atoms with E-state index >= 15 is 0 Å². The lowest BCUT2D eigenvalue weighted by atomic mass is 10.2. The molecule has 0 atom stereocenters. The molecule has 0 spiro atoms. The Hall–Kier alpha value is -1.36. The lowest BCUT2D eigenvalue weighted by Gasteiger charge is -2.07. The fourth-order valence-electron chi connectivity index (χ4n) is 1.33. The third-order valence-corrected chi connectivity index (χ3v) is 3.24. The fourth-order valence-corrected chi connectivity index (χ4v) is 1.81. The fraction of sp³-hybridized carbons (Fsp3) is 0. The number of carbonyl (C=O) groups excluding carboxylic acids is 1. The van der Waals surface area contributed by atoms with Crippen LogP contribution in [0, 0.1) is 5.82 Å². The summed E-state index contributed by atoms with van der Waals surface area (Å²) in [5.74, 6) is -0.959. The van der Waals surface area contributed by atoms with Gasteiger partial charge < -0.3 is 5.32 Å². The molecule has 0 bridgehead atoms. The molecule has 0 aliphatic rings. The molecule has 1 aromatic heterocycles. The molecule has 0 aliphatic carbocycles. The van der Waals surface area contributed by atoms with E-state index in [-0.39, 0.29) is 20.8 Å². The summed E-state index contributed by atoms with van der Waals surface area (Å²) in [4.78, 5) is 15.7. The lowest BCUT2D eigenvalue weighted by molar-refractivity contribution is 0.102. The van der Waals surface area contributed by atoms with Crippen molar-refractivity contribution < 1.29 is 9.18 Å². The number of nitrogens with zero attached hydrogens (tertiary/aromatic N) is 1. The van der Waals surface area contributed by atoms with Crippen molar-refractivity contribution in [2.45, 2.75) is 0 Å². The van der Waals surface area contributed by atoms with Crippen molar-refractivity contribution >= 4 is 46.4 Å². The molecule has 0 saturated carbocycles. The van der Waals surface area contributed by atoms with Gasteiger partial charge in [0.1, 0.15) is 11.0 Å². The van der Waals surface area contributed by atoms with Gasteiger partial charge in [-0.05, 0) is 24.3 Å². The van der Waals surface area contributed by atoms with E-state index in [1.54, 1.807) is 0 Å². The van der Waals surface area contributed by atoms with Crippen LogP contribution in [0.1, 0.15) is 10.4 Å². The number of amides is 1. The molecule has 2 aromatic rings. The molecule has 0 radical (unpaired) electrons. The van der Waals surface area contributed by atoms with E-state index in [9.17, 15) is 9.18 Å². The molecule has 19 heavy (non-hydrogen) atoms. The van der Waals surface area contributed by atoms with Gasteiger partial charge in [-0.3, -0.25) is 4.79 Å². The minimum Gasteiger partial charge on any atom is -0.321 e. The van der Waals surface area contributed by atoms with Crippen LogP contribution in [0.2, 0.25) is 15.2 Å². The summed E-state index contributed by atoms with van der Waals surface area (Å²) in [6, 6.07) is 5.03. The molecule has 3 nitrogen and oxygen atoms in total. The highest BCUT2D eigenvalue weighted by Gasteiger charge is 2.11. The number of benzene rings is 1. The first kappa shape index (κ1) is 14.1. The van der Waals surface area contributed by atoms with E-state index in [0.717, 1.165) is 6.07 Å². The van der Waals surface area contributed by atoms with Gasteiger partial charge >= 0.3 is 0 Å². The van der Waals surface area contributed by atoms with Gasteiger partial charge in [0.05, 0.1) is 21.3 Å². The Kier molecular flexibility index (Phi) is 4.24. The van der Waals surface area contributed by atoms with Gasteiger partial charge in [0.25, 0.3) is 5.91 Å². The Morgan fingerprint density at radius 2 is 1.89 bits per heavy atom. The van der Waals surface area contributed by atoms with Crippen LogP contribution in [0.25, 0.3) is 0 Å². The molecule has 7 heteroatoms. The van der Waals surface area contributed by atoms with Crippen LogP contribution < -0.4 is 5.32 Å². The highest BCUT2D eigenvalue weighted by molar-refractivity contribution is 6.41. The first-order valence-corrected chi connectivity index (χ1v) is 6.18. The van der Waals surface area contributed by atoms with Crippen LogP contribution in [0.5, 0.6) is 0 Å². The predicted molar refractivity (Wildman–Crippen MR) is 73.6 cm³/mol. The minimum absolute atomic E-state index is 0.0985. The first-order valence-electron chi connectivity index (χ1n) is 5.05. The monoisotopic (exact) mass is 318 g/mol. The standard InChI is InChI=1S/C12H6Cl3FN2O/c13-8-4-7(16)1-2-10(8)18-12(19)6-3-9(14)11(15)17-5-6/h1-5H,(H,18,19). The average molecular weight is 320 g/mol. The van der Waals surface area contributed by atoms with Crippen LogP contribution >= 0.6 is 34.8 Å². The van der Waals surface area contributed by atoms with Gasteiger partial charge in [-0.15, -0.1) is 0 Å². The Morgan fingerprint density at radius 3 is 2.53 bits per heavy atom. The zero-order valence-corrected chi connectivity index (χ0v) is 11.5. The summed E-state index contributed by atoms with van der Waals surface area (Å²) in [6.07, 6.45) is 1.28. The van der Waals surface area contributed by atoms with Crippen molar-refractivity contribution in [1.29, 1.82) is 0 Å². The molecule has 0 fully saturated rings. The summed E-state index contributed by atoms with van der Waals surface area (Å²) >= 11 is 17.2. The van der Waals surface area contributed by atoms with Crippen LogP contribution in [0.15, 0.2) is 30.5 Å². The van der Waals surface area contributed by atoms with Gasteiger partial charge in [-0.2, -0.15) is 0 Å². The number of rotatable bonds is 2. The number of anilines is 1. The number of carbonyl (C=O) groups is 1. The highest BCUT2D eigenvalue weighted by atomic mass is 35.5. The normalized spacial score (nSPS) is 10.3. The van der Waals surface area contributed by atoms with Gasteiger partial charge in [-0.1, -0.05) is 34.8 Å². The van der Waals surface area contributed by atoms with Gasteiger partial charge in [0, 0.05) is 6.20 Å². The number of hydrogen-bond donors (Lipinski definition) is 1. The topological polar surface area (TPSA) is 42.0 Å². The van der Waals surface area contributed by atoms with Crippen molar-refractivity contribution in [1.82, 2.24) is 4.98 Å². The van der Waals surface area contributed by atoms with E-state index in [4.69, 9.17) is 34.8 Å². The van der Waals surface area contributed by atoms with Crippen LogP contribution in [0.4, 0.5) is 10.1 Å². The van der Waals surface area contributed by atoms with Crippen molar-refractivity contribution in [2.24, 2.45) is 0 Å². The number of halogens is 4. The zero-order valence-electron chi connectivity index (χ0n) is 9.25. The van der Waals surface area contributed by atoms with E-state index < -0.39 is 11.7 Å². The Labute approximate surface area is 123 Å². The van der Waals surface area contributed by atoms with Crippen LogP contribution in [0.3, 0.4) is 0 Å². The van der Waals surface area contributed by atoms with Crippen LogP contribution in [-0.4, -0.2) is 10.9 Å². The highest BCUT2D eigenvalue weighted by Crippen LogP contribution is 2.24. The van der Waals surface area contributed by atoms with Gasteiger partial charge in [-0.25, -0.2) is 9.37 Å². The maximum atomic E-state index is 12.9. The van der Waals surface area contributed by atoms with Crippen molar-refractivity contribution in [3.05, 3.63) is 57.0 Å². The minimum atomic E-state index is -0.487. The van der Waals surface area contributed by atoms with Gasteiger partial charge in [0.15, 0.2) is 0 Å². The zero-order chi connectivity index (χ0) is 14.0. The second-order valence-electron chi connectivity index (χ2n) is 3.57. The van der Waals surface area contributed by atoms with Crippen molar-refractivity contribution in [2.75, 3.05) is 5.32 Å².